The first kappa shape index (κ1) is 36.2. The number of hydrogen-bond acceptors (Lipinski definition) is 9. The van der Waals surface area contributed by atoms with Crippen LogP contribution in [0, 0.1) is 0 Å². The smallest absolute Gasteiger partial charge is 0.652 e. The minimum absolute atomic E-state index is 0. The molecule has 0 aromatic heterocycles. The Labute approximate surface area is 140 Å². The number of carboxylic acid groups (broad SMARTS) is 6. The first-order valence-corrected chi connectivity index (χ1v) is 1.84. The molecule has 0 heterocycles. The van der Waals surface area contributed by atoms with E-state index >= 15 is 0 Å². The summed E-state index contributed by atoms with van der Waals surface area (Å²) in [5, 5.41) is 50.0. The van der Waals surface area contributed by atoms with E-state index in [0.717, 1.165) is 0 Å². The Kier molecular flexibility index (Phi) is 70.5. The van der Waals surface area contributed by atoms with Gasteiger partial charge in [-0.25, -0.2) is 0 Å². The summed E-state index contributed by atoms with van der Waals surface area (Å²) < 4.78 is 0. The zero-order valence-electron chi connectivity index (χ0n) is 6.94. The van der Waals surface area contributed by atoms with Gasteiger partial charge in [-0.1, -0.05) is 0 Å². The predicted molar refractivity (Wildman–Crippen MR) is 27.7 cm³/mol. The van der Waals surface area contributed by atoms with Crippen molar-refractivity contribution in [1.82, 2.24) is 0 Å². The number of carbonyl (C=O) groups is 3. The summed E-state index contributed by atoms with van der Waals surface area (Å²) in [5.41, 5.74) is 0. The molecule has 0 aromatic carbocycles. The molecule has 0 aromatic rings. The molecule has 0 bridgehead atoms. The van der Waals surface area contributed by atoms with Crippen molar-refractivity contribution in [3.05, 3.63) is 0 Å². The molecule has 0 saturated carbocycles. The summed E-state index contributed by atoms with van der Waals surface area (Å²) in [5.74, 6) is 0. The van der Waals surface area contributed by atoms with Crippen LogP contribution in [-0.2, 0) is 17.1 Å². The quantitative estimate of drug-likeness (QED) is 0.391. The molecule has 9 nitrogen and oxygen atoms in total. The molecule has 0 spiro atoms. The van der Waals surface area contributed by atoms with Gasteiger partial charge in [-0.3, -0.25) is 0 Å². The zero-order chi connectivity index (χ0) is 10.7. The molecular weight excluding hydrogens is 300 g/mol. The van der Waals surface area contributed by atoms with E-state index in [0.29, 0.717) is 0 Å². The molecule has 0 N–H and O–H groups in total. The fraction of sp³-hybridized carbons (Fsp3) is 0. The molecule has 78 valence electrons. The van der Waals surface area contributed by atoms with Gasteiger partial charge in [0.05, 0.1) is 0 Å². The van der Waals surface area contributed by atoms with E-state index < -0.39 is 18.5 Å². The molecule has 12 heteroatoms. The van der Waals surface area contributed by atoms with Crippen molar-refractivity contribution in [3.63, 3.8) is 0 Å². The van der Waals surface area contributed by atoms with Crippen LogP contribution in [-0.4, -0.2) is 79.3 Å². The van der Waals surface area contributed by atoms with Gasteiger partial charge in [-0.05, 0) is 18.5 Å². The van der Waals surface area contributed by atoms with Crippen LogP contribution in [0.3, 0.4) is 0 Å². The third kappa shape index (κ3) is 17300. The minimum atomic E-state index is -2.33. The summed E-state index contributed by atoms with van der Waals surface area (Å²) >= 11 is 0. The van der Waals surface area contributed by atoms with Gasteiger partial charge in [0, 0.05) is 0 Å². The standard InChI is InChI=1S/3CH2O3.Ca.Fe.Mg/c3*2-1(3)4;;;/h3*(H2,2,3,4);;;/q;;;3*+2/p-6. The molecule has 0 aliphatic heterocycles. The van der Waals surface area contributed by atoms with Crippen LogP contribution in [0.15, 0.2) is 0 Å². The molecule has 0 fully saturated rings. The second-order valence-electron chi connectivity index (χ2n) is 0.750. The molecule has 0 aliphatic rings. The maximum absolute atomic E-state index is 8.33. The van der Waals surface area contributed by atoms with Crippen LogP contribution in [0.4, 0.5) is 14.4 Å². The molecule has 0 amide bonds. The summed E-state index contributed by atoms with van der Waals surface area (Å²) in [6.45, 7) is 0. The zero-order valence-corrected chi connectivity index (χ0v) is 11.7. The van der Waals surface area contributed by atoms with Crippen molar-refractivity contribution in [2.24, 2.45) is 0 Å². The van der Waals surface area contributed by atoms with Crippen LogP contribution in [0.25, 0.3) is 0 Å². The third-order valence-corrected chi connectivity index (χ3v) is 0. The van der Waals surface area contributed by atoms with Gasteiger partial charge in [-0.2, -0.15) is 0 Å². The maximum Gasteiger partial charge on any atom is 2.00 e. The normalized spacial score (nSPS) is 4.80. The number of hydrogen-bond donors (Lipinski definition) is 0. The molecule has 0 radical (unpaired) electrons. The van der Waals surface area contributed by atoms with Gasteiger partial charge >= 0.3 is 77.9 Å². The Balaban J connectivity index is -0.0000000184. The minimum Gasteiger partial charge on any atom is -0.652 e. The van der Waals surface area contributed by atoms with E-state index in [9.17, 15) is 0 Å². The second kappa shape index (κ2) is 29.3. The fourth-order valence-corrected chi connectivity index (χ4v) is 0. The largest absolute Gasteiger partial charge is 2.00 e. The van der Waals surface area contributed by atoms with Crippen molar-refractivity contribution in [3.8, 4) is 0 Å². The van der Waals surface area contributed by atoms with Crippen LogP contribution in [0.1, 0.15) is 0 Å². The number of rotatable bonds is 0. The van der Waals surface area contributed by atoms with Crippen molar-refractivity contribution in [1.29, 1.82) is 0 Å². The average Bonchev–Trinajstić information content (AvgIpc) is 1.54. The van der Waals surface area contributed by atoms with Gasteiger partial charge < -0.3 is 45.0 Å². The second-order valence-corrected chi connectivity index (χ2v) is 0.750. The topological polar surface area (TPSA) is 190 Å². The average molecular weight is 300 g/mol. The van der Waals surface area contributed by atoms with E-state index in [4.69, 9.17) is 45.0 Å². The molecular formula is C3CaFeMgO9. The first-order chi connectivity index (χ1) is 5.20. The molecule has 0 unspecified atom stereocenters. The first-order valence-electron chi connectivity index (χ1n) is 1.84. The summed E-state index contributed by atoms with van der Waals surface area (Å²) in [6.07, 6.45) is -7.00. The summed E-state index contributed by atoms with van der Waals surface area (Å²) in [6, 6.07) is 0. The van der Waals surface area contributed by atoms with E-state index in [2.05, 4.69) is 0 Å². The Morgan fingerprint density at radius 1 is 0.600 bits per heavy atom. The van der Waals surface area contributed by atoms with E-state index in [1.54, 1.807) is 0 Å². The van der Waals surface area contributed by atoms with Gasteiger partial charge in [0.15, 0.2) is 0 Å². The van der Waals surface area contributed by atoms with Crippen LogP contribution in [0.5, 0.6) is 0 Å². The van der Waals surface area contributed by atoms with Gasteiger partial charge in [0.1, 0.15) is 0 Å². The Morgan fingerprint density at radius 2 is 0.600 bits per heavy atom. The molecule has 0 saturated heterocycles. The maximum atomic E-state index is 8.33. The van der Waals surface area contributed by atoms with Crippen LogP contribution >= 0.6 is 0 Å². The van der Waals surface area contributed by atoms with Crippen molar-refractivity contribution in [2.45, 2.75) is 0 Å². The van der Waals surface area contributed by atoms with Gasteiger partial charge in [0.25, 0.3) is 0 Å². The van der Waals surface area contributed by atoms with Gasteiger partial charge in [-0.15, -0.1) is 0 Å². The SMILES string of the molecule is O=C([O-])[O-].O=C([O-])[O-].O=C([O-])[O-].[Ca+2].[Fe+2].[Mg+2]. The monoisotopic (exact) mass is 300 g/mol. The fourth-order valence-electron chi connectivity index (χ4n) is 0. The predicted octanol–water partition coefficient (Wildman–Crippen LogP) is -8.11. The van der Waals surface area contributed by atoms with Crippen LogP contribution < -0.4 is 30.6 Å². The Bertz CT molecular complexity index is 123. The van der Waals surface area contributed by atoms with Crippen molar-refractivity contribution in [2.75, 3.05) is 0 Å². The van der Waals surface area contributed by atoms with E-state index in [-0.39, 0.29) is 77.9 Å². The summed E-state index contributed by atoms with van der Waals surface area (Å²) in [7, 11) is 0. The van der Waals surface area contributed by atoms with Crippen molar-refractivity contribution < 1.29 is 62.1 Å². The van der Waals surface area contributed by atoms with Crippen LogP contribution in [0.2, 0.25) is 0 Å². The Morgan fingerprint density at radius 3 is 0.600 bits per heavy atom. The Hall–Kier alpha value is 0.355. The van der Waals surface area contributed by atoms with Crippen molar-refractivity contribution >= 4 is 79.3 Å². The molecule has 0 rings (SSSR count). The van der Waals surface area contributed by atoms with E-state index in [1.165, 1.54) is 0 Å². The molecule has 15 heavy (non-hydrogen) atoms. The summed E-state index contributed by atoms with van der Waals surface area (Å²) in [4.78, 5) is 25.0. The number of carbonyl (C=O) groups excluding carboxylic acids is 3. The van der Waals surface area contributed by atoms with E-state index in [1.807, 2.05) is 0 Å². The molecule has 0 atom stereocenters. The molecule has 0 aliphatic carbocycles. The van der Waals surface area contributed by atoms with Gasteiger partial charge in [0.2, 0.25) is 0 Å². The third-order valence-electron chi connectivity index (χ3n) is 0.